The number of ether oxygens (including phenoxy) is 1. The number of nitrogens with zero attached hydrogens (tertiary/aromatic N) is 1. The summed E-state index contributed by atoms with van der Waals surface area (Å²) in [5, 5.41) is 5.97. The minimum Gasteiger partial charge on any atom is -0.492 e. The number of aliphatic imine (C=N–C) groups is 1. The number of rotatable bonds is 7. The van der Waals surface area contributed by atoms with Crippen LogP contribution in [0, 0.1) is 0 Å². The first kappa shape index (κ1) is 16.3. The standard InChI is InChI=1S/C13H21N3O3S/c1-14-13(16-9-11-20(2,17)18)15-8-10-19-12-6-4-3-5-7-12/h3-7H,8-11H2,1-2H3,(H2,14,15,16). The maximum Gasteiger partial charge on any atom is 0.191 e. The first-order chi connectivity index (χ1) is 9.51. The van der Waals surface area contributed by atoms with E-state index in [2.05, 4.69) is 15.6 Å². The molecule has 0 saturated heterocycles. The van der Waals surface area contributed by atoms with E-state index in [9.17, 15) is 8.42 Å². The molecule has 0 heterocycles. The third-order valence-corrected chi connectivity index (χ3v) is 3.34. The van der Waals surface area contributed by atoms with Crippen molar-refractivity contribution in [2.75, 3.05) is 38.8 Å². The van der Waals surface area contributed by atoms with Crippen molar-refractivity contribution in [2.24, 2.45) is 4.99 Å². The number of sulfone groups is 1. The van der Waals surface area contributed by atoms with Crippen LogP contribution in [0.4, 0.5) is 0 Å². The molecule has 0 fully saturated rings. The van der Waals surface area contributed by atoms with Crippen molar-refractivity contribution >= 4 is 15.8 Å². The maximum atomic E-state index is 11.0. The molecule has 0 amide bonds. The Morgan fingerprint density at radius 2 is 1.85 bits per heavy atom. The lowest BCUT2D eigenvalue weighted by atomic mass is 10.3. The summed E-state index contributed by atoms with van der Waals surface area (Å²) in [7, 11) is -1.33. The molecule has 2 N–H and O–H groups in total. The highest BCUT2D eigenvalue weighted by atomic mass is 32.2. The smallest absolute Gasteiger partial charge is 0.191 e. The van der Waals surface area contributed by atoms with Gasteiger partial charge in [-0.15, -0.1) is 0 Å². The summed E-state index contributed by atoms with van der Waals surface area (Å²) in [6.45, 7) is 1.41. The van der Waals surface area contributed by atoms with Crippen LogP contribution in [0.25, 0.3) is 0 Å². The number of benzene rings is 1. The predicted octanol–water partition coefficient (Wildman–Crippen LogP) is 0.275. The van der Waals surface area contributed by atoms with Crippen LogP contribution < -0.4 is 15.4 Å². The Balaban J connectivity index is 2.19. The summed E-state index contributed by atoms with van der Waals surface area (Å²) < 4.78 is 27.5. The number of hydrogen-bond acceptors (Lipinski definition) is 4. The van der Waals surface area contributed by atoms with E-state index in [1.807, 2.05) is 30.3 Å². The van der Waals surface area contributed by atoms with Crippen molar-refractivity contribution in [2.45, 2.75) is 0 Å². The first-order valence-electron chi connectivity index (χ1n) is 6.31. The Morgan fingerprint density at radius 3 is 2.45 bits per heavy atom. The first-order valence-corrected chi connectivity index (χ1v) is 8.37. The van der Waals surface area contributed by atoms with Crippen LogP contribution in [0.15, 0.2) is 35.3 Å². The van der Waals surface area contributed by atoms with Crippen LogP contribution in [0.5, 0.6) is 5.75 Å². The molecule has 0 unspecified atom stereocenters. The topological polar surface area (TPSA) is 79.8 Å². The molecule has 0 atom stereocenters. The molecule has 0 bridgehead atoms. The summed E-state index contributed by atoms with van der Waals surface area (Å²) >= 11 is 0. The molecule has 1 rings (SSSR count). The Labute approximate surface area is 120 Å². The van der Waals surface area contributed by atoms with E-state index in [0.29, 0.717) is 25.7 Å². The Hall–Kier alpha value is -1.76. The van der Waals surface area contributed by atoms with Gasteiger partial charge in [0.2, 0.25) is 0 Å². The van der Waals surface area contributed by atoms with Crippen molar-refractivity contribution in [3.8, 4) is 5.75 Å². The van der Waals surface area contributed by atoms with Crippen molar-refractivity contribution in [1.29, 1.82) is 0 Å². The molecule has 7 heteroatoms. The van der Waals surface area contributed by atoms with Crippen LogP contribution in [0.1, 0.15) is 0 Å². The van der Waals surface area contributed by atoms with Gasteiger partial charge in [-0.2, -0.15) is 0 Å². The van der Waals surface area contributed by atoms with E-state index in [0.717, 1.165) is 5.75 Å². The largest absolute Gasteiger partial charge is 0.492 e. The normalized spacial score (nSPS) is 12.0. The lowest BCUT2D eigenvalue weighted by Gasteiger charge is -2.12. The zero-order valence-electron chi connectivity index (χ0n) is 11.8. The van der Waals surface area contributed by atoms with Gasteiger partial charge >= 0.3 is 0 Å². The highest BCUT2D eigenvalue weighted by Crippen LogP contribution is 2.07. The second kappa shape index (κ2) is 8.42. The van der Waals surface area contributed by atoms with Gasteiger partial charge in [0.25, 0.3) is 0 Å². The van der Waals surface area contributed by atoms with Crippen LogP contribution in [-0.2, 0) is 9.84 Å². The maximum absolute atomic E-state index is 11.0. The molecule has 6 nitrogen and oxygen atoms in total. The number of para-hydroxylation sites is 1. The molecule has 1 aromatic rings. The van der Waals surface area contributed by atoms with E-state index in [-0.39, 0.29) is 5.75 Å². The van der Waals surface area contributed by atoms with Gasteiger partial charge < -0.3 is 15.4 Å². The molecule has 0 radical (unpaired) electrons. The highest BCUT2D eigenvalue weighted by molar-refractivity contribution is 7.90. The fourth-order valence-corrected chi connectivity index (χ4v) is 1.90. The summed E-state index contributed by atoms with van der Waals surface area (Å²) in [6.07, 6.45) is 1.21. The van der Waals surface area contributed by atoms with Gasteiger partial charge in [-0.1, -0.05) is 18.2 Å². The summed E-state index contributed by atoms with van der Waals surface area (Å²) in [4.78, 5) is 4.00. The molecule has 0 aliphatic heterocycles. The minimum absolute atomic E-state index is 0.0776. The van der Waals surface area contributed by atoms with E-state index >= 15 is 0 Å². The second-order valence-electron chi connectivity index (χ2n) is 4.22. The number of hydrogen-bond donors (Lipinski definition) is 2. The van der Waals surface area contributed by atoms with E-state index < -0.39 is 9.84 Å². The van der Waals surface area contributed by atoms with Gasteiger partial charge in [-0.05, 0) is 12.1 Å². The molecule has 0 spiro atoms. The quantitative estimate of drug-likeness (QED) is 0.429. The van der Waals surface area contributed by atoms with Crippen molar-refractivity contribution in [3.05, 3.63) is 30.3 Å². The zero-order valence-corrected chi connectivity index (χ0v) is 12.6. The monoisotopic (exact) mass is 299 g/mol. The molecule has 0 aliphatic carbocycles. The third-order valence-electron chi connectivity index (χ3n) is 2.40. The fraction of sp³-hybridized carbons (Fsp3) is 0.462. The Bertz CT molecular complexity index is 515. The molecule has 0 aromatic heterocycles. The lowest BCUT2D eigenvalue weighted by Crippen LogP contribution is -2.41. The SMILES string of the molecule is CN=C(NCCOc1ccccc1)NCCS(C)(=O)=O. The van der Waals surface area contributed by atoms with Crippen LogP contribution in [0.2, 0.25) is 0 Å². The summed E-state index contributed by atoms with van der Waals surface area (Å²) in [6, 6.07) is 9.53. The fourth-order valence-electron chi connectivity index (χ4n) is 1.43. The van der Waals surface area contributed by atoms with Crippen LogP contribution in [0.3, 0.4) is 0 Å². The van der Waals surface area contributed by atoms with E-state index in [4.69, 9.17) is 4.74 Å². The molecule has 0 aliphatic rings. The zero-order chi connectivity index (χ0) is 14.8. The van der Waals surface area contributed by atoms with Gasteiger partial charge in [0.05, 0.1) is 12.3 Å². The molecule has 20 heavy (non-hydrogen) atoms. The van der Waals surface area contributed by atoms with Crippen molar-refractivity contribution < 1.29 is 13.2 Å². The Kier molecular flexibility index (Phi) is 6.86. The summed E-state index contributed by atoms with van der Waals surface area (Å²) in [5.41, 5.74) is 0. The number of nitrogens with one attached hydrogen (secondary N) is 2. The van der Waals surface area contributed by atoms with Gasteiger partial charge in [-0.25, -0.2) is 8.42 Å². The van der Waals surface area contributed by atoms with Crippen molar-refractivity contribution in [1.82, 2.24) is 10.6 Å². The predicted molar refractivity (Wildman–Crippen MR) is 81.0 cm³/mol. The molecular weight excluding hydrogens is 278 g/mol. The molecule has 1 aromatic carbocycles. The average molecular weight is 299 g/mol. The second-order valence-corrected chi connectivity index (χ2v) is 6.48. The molecule has 112 valence electrons. The third kappa shape index (κ3) is 7.63. The minimum atomic E-state index is -2.96. The molecule has 0 saturated carbocycles. The van der Waals surface area contributed by atoms with Crippen molar-refractivity contribution in [3.63, 3.8) is 0 Å². The van der Waals surface area contributed by atoms with Gasteiger partial charge in [0.15, 0.2) is 5.96 Å². The van der Waals surface area contributed by atoms with Gasteiger partial charge in [0.1, 0.15) is 22.2 Å². The highest BCUT2D eigenvalue weighted by Gasteiger charge is 2.02. The van der Waals surface area contributed by atoms with Crippen LogP contribution >= 0.6 is 0 Å². The van der Waals surface area contributed by atoms with E-state index in [1.165, 1.54) is 6.26 Å². The van der Waals surface area contributed by atoms with Gasteiger partial charge in [0, 0.05) is 19.8 Å². The van der Waals surface area contributed by atoms with Crippen LogP contribution in [-0.4, -0.2) is 53.1 Å². The summed E-state index contributed by atoms with van der Waals surface area (Å²) in [5.74, 6) is 1.45. The van der Waals surface area contributed by atoms with Gasteiger partial charge in [-0.3, -0.25) is 4.99 Å². The molecular formula is C13H21N3O3S. The Morgan fingerprint density at radius 1 is 1.20 bits per heavy atom. The van der Waals surface area contributed by atoms with E-state index in [1.54, 1.807) is 7.05 Å². The average Bonchev–Trinajstić information content (AvgIpc) is 2.41. The number of guanidine groups is 1. The lowest BCUT2D eigenvalue weighted by molar-refractivity contribution is 0.322.